The predicted octanol–water partition coefficient (Wildman–Crippen LogP) is 2.68. The highest BCUT2D eigenvalue weighted by Crippen LogP contribution is 2.21. The van der Waals surface area contributed by atoms with Crippen molar-refractivity contribution >= 4 is 5.91 Å². The predicted molar refractivity (Wildman–Crippen MR) is 76.7 cm³/mol. The van der Waals surface area contributed by atoms with Crippen LogP contribution in [-0.4, -0.2) is 28.1 Å². The molecule has 0 radical (unpaired) electrons. The van der Waals surface area contributed by atoms with Crippen LogP contribution in [0.3, 0.4) is 0 Å². The van der Waals surface area contributed by atoms with E-state index in [9.17, 15) is 15.0 Å². The summed E-state index contributed by atoms with van der Waals surface area (Å²) in [7, 11) is 1.68. The van der Waals surface area contributed by atoms with Gasteiger partial charge >= 0.3 is 0 Å². The molecule has 0 heterocycles. The molecule has 0 aromatic heterocycles. The van der Waals surface area contributed by atoms with E-state index in [4.69, 9.17) is 0 Å². The topological polar surface area (TPSA) is 60.8 Å². The second-order valence-corrected chi connectivity index (χ2v) is 4.85. The highest BCUT2D eigenvalue weighted by atomic mass is 16.3. The standard InChI is InChI=1S/C16H17NO3/c1-11-3-8-14(15(19)9-11)16(20)17(2)10-12-4-6-13(18)7-5-12/h3-9,18-19H,10H2,1-2H3. The molecule has 104 valence electrons. The van der Waals surface area contributed by atoms with E-state index in [1.807, 2.05) is 6.92 Å². The van der Waals surface area contributed by atoms with Gasteiger partial charge in [-0.1, -0.05) is 18.2 Å². The Bertz CT molecular complexity index is 620. The van der Waals surface area contributed by atoms with Gasteiger partial charge in [0.2, 0.25) is 0 Å². The van der Waals surface area contributed by atoms with Gasteiger partial charge in [-0.25, -0.2) is 0 Å². The fourth-order valence-corrected chi connectivity index (χ4v) is 1.98. The molecule has 0 unspecified atom stereocenters. The van der Waals surface area contributed by atoms with Crippen LogP contribution >= 0.6 is 0 Å². The van der Waals surface area contributed by atoms with Crippen LogP contribution < -0.4 is 0 Å². The van der Waals surface area contributed by atoms with Gasteiger partial charge < -0.3 is 15.1 Å². The Morgan fingerprint density at radius 3 is 2.35 bits per heavy atom. The van der Waals surface area contributed by atoms with Crippen LogP contribution in [0.15, 0.2) is 42.5 Å². The Balaban J connectivity index is 2.14. The highest BCUT2D eigenvalue weighted by Gasteiger charge is 2.15. The van der Waals surface area contributed by atoms with Crippen LogP contribution in [-0.2, 0) is 6.54 Å². The van der Waals surface area contributed by atoms with Crippen LogP contribution in [0.1, 0.15) is 21.5 Å². The number of aromatic hydroxyl groups is 2. The number of phenolic OH excluding ortho intramolecular Hbond substituents is 2. The van der Waals surface area contributed by atoms with Crippen molar-refractivity contribution in [2.45, 2.75) is 13.5 Å². The zero-order valence-electron chi connectivity index (χ0n) is 11.5. The molecule has 0 bridgehead atoms. The Morgan fingerprint density at radius 1 is 1.10 bits per heavy atom. The lowest BCUT2D eigenvalue weighted by Gasteiger charge is -2.18. The van der Waals surface area contributed by atoms with Crippen molar-refractivity contribution < 1.29 is 15.0 Å². The maximum atomic E-state index is 12.3. The van der Waals surface area contributed by atoms with Gasteiger partial charge in [0.1, 0.15) is 11.5 Å². The van der Waals surface area contributed by atoms with Gasteiger partial charge in [-0.2, -0.15) is 0 Å². The summed E-state index contributed by atoms with van der Waals surface area (Å²) in [5.74, 6) is -0.0537. The Hall–Kier alpha value is -2.49. The molecule has 4 heteroatoms. The first-order valence-corrected chi connectivity index (χ1v) is 6.30. The lowest BCUT2D eigenvalue weighted by molar-refractivity contribution is 0.0782. The van der Waals surface area contributed by atoms with Crippen molar-refractivity contribution in [3.63, 3.8) is 0 Å². The quantitative estimate of drug-likeness (QED) is 0.902. The van der Waals surface area contributed by atoms with E-state index < -0.39 is 0 Å². The lowest BCUT2D eigenvalue weighted by atomic mass is 10.1. The second kappa shape index (κ2) is 5.65. The lowest BCUT2D eigenvalue weighted by Crippen LogP contribution is -2.26. The molecule has 0 fully saturated rings. The van der Waals surface area contributed by atoms with Gasteiger partial charge in [0.25, 0.3) is 5.91 Å². The van der Waals surface area contributed by atoms with Gasteiger partial charge in [0.05, 0.1) is 5.56 Å². The number of aryl methyl sites for hydroxylation is 1. The van der Waals surface area contributed by atoms with Gasteiger partial charge in [0.15, 0.2) is 0 Å². The van der Waals surface area contributed by atoms with E-state index in [0.29, 0.717) is 6.54 Å². The average Bonchev–Trinajstić information content (AvgIpc) is 2.40. The van der Waals surface area contributed by atoms with E-state index in [1.165, 1.54) is 4.90 Å². The van der Waals surface area contributed by atoms with E-state index in [1.54, 1.807) is 49.5 Å². The van der Waals surface area contributed by atoms with Crippen LogP contribution in [0.25, 0.3) is 0 Å². The van der Waals surface area contributed by atoms with Crippen LogP contribution in [0.2, 0.25) is 0 Å². The van der Waals surface area contributed by atoms with Crippen molar-refractivity contribution in [1.82, 2.24) is 4.90 Å². The first kappa shape index (κ1) is 13.9. The van der Waals surface area contributed by atoms with Crippen LogP contribution in [0.5, 0.6) is 11.5 Å². The molecule has 0 saturated carbocycles. The molecule has 2 aromatic carbocycles. The summed E-state index contributed by atoms with van der Waals surface area (Å²) in [5.41, 5.74) is 2.10. The molecular formula is C16H17NO3. The number of rotatable bonds is 3. The van der Waals surface area contributed by atoms with E-state index in [-0.39, 0.29) is 23.0 Å². The molecule has 0 saturated heterocycles. The van der Waals surface area contributed by atoms with E-state index >= 15 is 0 Å². The SMILES string of the molecule is Cc1ccc(C(=O)N(C)Cc2ccc(O)cc2)c(O)c1. The molecule has 0 aliphatic rings. The zero-order valence-corrected chi connectivity index (χ0v) is 11.5. The Labute approximate surface area is 117 Å². The van der Waals surface area contributed by atoms with Gasteiger partial charge in [-0.05, 0) is 42.3 Å². The summed E-state index contributed by atoms with van der Waals surface area (Å²) >= 11 is 0. The minimum absolute atomic E-state index is 0.00689. The Kier molecular flexibility index (Phi) is 3.94. The normalized spacial score (nSPS) is 10.3. The maximum Gasteiger partial charge on any atom is 0.257 e. The molecule has 4 nitrogen and oxygen atoms in total. The molecule has 2 aromatic rings. The number of phenols is 2. The summed E-state index contributed by atoms with van der Waals surface area (Å²) < 4.78 is 0. The van der Waals surface area contributed by atoms with E-state index in [0.717, 1.165) is 11.1 Å². The summed E-state index contributed by atoms with van der Waals surface area (Å²) in [5, 5.41) is 19.1. The molecule has 0 atom stereocenters. The number of hydrogen-bond donors (Lipinski definition) is 2. The first-order valence-electron chi connectivity index (χ1n) is 6.30. The van der Waals surface area contributed by atoms with Crippen molar-refractivity contribution in [1.29, 1.82) is 0 Å². The molecule has 0 aliphatic carbocycles. The van der Waals surface area contributed by atoms with Gasteiger partial charge in [0, 0.05) is 13.6 Å². The molecule has 0 spiro atoms. The first-order chi connectivity index (χ1) is 9.47. The number of carbonyl (C=O) groups excluding carboxylic acids is 1. The molecular weight excluding hydrogens is 254 g/mol. The van der Waals surface area contributed by atoms with Crippen LogP contribution in [0, 0.1) is 6.92 Å². The number of benzene rings is 2. The zero-order chi connectivity index (χ0) is 14.7. The molecule has 2 N–H and O–H groups in total. The minimum atomic E-state index is -0.240. The van der Waals surface area contributed by atoms with E-state index in [2.05, 4.69) is 0 Å². The second-order valence-electron chi connectivity index (χ2n) is 4.85. The summed E-state index contributed by atoms with van der Waals surface area (Å²) in [6.07, 6.45) is 0. The van der Waals surface area contributed by atoms with Crippen molar-refractivity contribution in [3.05, 3.63) is 59.2 Å². The number of carbonyl (C=O) groups is 1. The fraction of sp³-hybridized carbons (Fsp3) is 0.188. The fourth-order valence-electron chi connectivity index (χ4n) is 1.98. The summed E-state index contributed by atoms with van der Waals surface area (Å²) in [6.45, 7) is 2.26. The summed E-state index contributed by atoms with van der Waals surface area (Å²) in [4.78, 5) is 13.8. The monoisotopic (exact) mass is 271 g/mol. The van der Waals surface area contributed by atoms with Crippen LogP contribution in [0.4, 0.5) is 0 Å². The molecule has 2 rings (SSSR count). The van der Waals surface area contributed by atoms with Crippen molar-refractivity contribution in [2.24, 2.45) is 0 Å². The third kappa shape index (κ3) is 3.09. The summed E-state index contributed by atoms with van der Waals surface area (Å²) in [6, 6.07) is 11.7. The molecule has 1 amide bonds. The van der Waals surface area contributed by atoms with Crippen molar-refractivity contribution in [3.8, 4) is 11.5 Å². The third-order valence-corrected chi connectivity index (χ3v) is 3.09. The molecule has 20 heavy (non-hydrogen) atoms. The third-order valence-electron chi connectivity index (χ3n) is 3.09. The van der Waals surface area contributed by atoms with Gasteiger partial charge in [-0.3, -0.25) is 4.79 Å². The average molecular weight is 271 g/mol. The minimum Gasteiger partial charge on any atom is -0.508 e. The Morgan fingerprint density at radius 2 is 1.75 bits per heavy atom. The number of hydrogen-bond acceptors (Lipinski definition) is 3. The smallest absolute Gasteiger partial charge is 0.257 e. The highest BCUT2D eigenvalue weighted by molar-refractivity contribution is 5.96. The molecule has 0 aliphatic heterocycles. The van der Waals surface area contributed by atoms with Gasteiger partial charge in [-0.15, -0.1) is 0 Å². The van der Waals surface area contributed by atoms with Crippen molar-refractivity contribution in [2.75, 3.05) is 7.05 Å². The maximum absolute atomic E-state index is 12.3. The number of amides is 1. The number of nitrogens with zero attached hydrogens (tertiary/aromatic N) is 1. The largest absolute Gasteiger partial charge is 0.508 e.